The van der Waals surface area contributed by atoms with Crippen molar-refractivity contribution in [3.8, 4) is 0 Å². The van der Waals surface area contributed by atoms with Crippen LogP contribution in [0, 0.1) is 0 Å². The average molecular weight is 368 g/mol. The van der Waals surface area contributed by atoms with Gasteiger partial charge in [-0.05, 0) is 34.8 Å². The van der Waals surface area contributed by atoms with E-state index >= 15 is 0 Å². The fourth-order valence-electron chi connectivity index (χ4n) is 2.15. The lowest BCUT2D eigenvalue weighted by Crippen LogP contribution is -2.36. The number of carbonyl (C=O) groups excluding carboxylic acids is 1. The maximum atomic E-state index is 11.8. The number of thiophene rings is 1. The molecule has 1 saturated heterocycles. The van der Waals surface area contributed by atoms with E-state index in [0.717, 1.165) is 49.9 Å². The molecule has 19 heavy (non-hydrogen) atoms. The van der Waals surface area contributed by atoms with Gasteiger partial charge in [-0.25, -0.2) is 0 Å². The highest BCUT2D eigenvalue weighted by atomic mass is 79.9. The summed E-state index contributed by atoms with van der Waals surface area (Å²) in [4.78, 5) is 15.1. The first-order chi connectivity index (χ1) is 8.75. The summed E-state index contributed by atoms with van der Waals surface area (Å²) in [5.74, 6) is 0.327. The lowest BCUT2D eigenvalue weighted by molar-refractivity contribution is -0.130. The van der Waals surface area contributed by atoms with Crippen LogP contribution in [-0.2, 0) is 11.3 Å². The van der Waals surface area contributed by atoms with E-state index in [0.29, 0.717) is 5.91 Å². The Morgan fingerprint density at radius 1 is 1.37 bits per heavy atom. The molecular weight excluding hydrogens is 348 g/mol. The molecule has 1 aromatic heterocycles. The quantitative estimate of drug-likeness (QED) is 0.809. The Bertz CT molecular complexity index is 400. The smallest absolute Gasteiger partial charge is 0.222 e. The first-order valence-corrected chi connectivity index (χ1v) is 8.14. The van der Waals surface area contributed by atoms with Crippen molar-refractivity contribution in [2.24, 2.45) is 0 Å². The first-order valence-electron chi connectivity index (χ1n) is 6.47. The summed E-state index contributed by atoms with van der Waals surface area (Å²) in [7, 11) is 0. The summed E-state index contributed by atoms with van der Waals surface area (Å²) in [6, 6.07) is 2.13. The summed E-state index contributed by atoms with van der Waals surface area (Å²) < 4.78 is 1.15. The van der Waals surface area contributed by atoms with Crippen LogP contribution in [-0.4, -0.2) is 30.4 Å². The molecule has 2 rings (SSSR count). The Kier molecular flexibility index (Phi) is 7.99. The van der Waals surface area contributed by atoms with Gasteiger partial charge in [0.25, 0.3) is 0 Å². The molecule has 108 valence electrons. The zero-order valence-electron chi connectivity index (χ0n) is 10.9. The molecule has 0 bridgehead atoms. The molecule has 1 aliphatic heterocycles. The predicted molar refractivity (Wildman–Crippen MR) is 86.0 cm³/mol. The van der Waals surface area contributed by atoms with Crippen LogP contribution in [0.15, 0.2) is 15.9 Å². The van der Waals surface area contributed by atoms with Gasteiger partial charge in [-0.2, -0.15) is 0 Å². The van der Waals surface area contributed by atoms with Crippen molar-refractivity contribution < 1.29 is 4.79 Å². The minimum absolute atomic E-state index is 0. The molecule has 1 amide bonds. The van der Waals surface area contributed by atoms with E-state index in [9.17, 15) is 4.79 Å². The molecule has 2 heterocycles. The minimum Gasteiger partial charge on any atom is -0.341 e. The standard InChI is InChI=1S/C13H19BrN2OS.ClH/c14-11-8-12(18-10-11)9-15-5-7-16-6-3-1-2-4-13(16)17;/h8,10,15H,1-7,9H2;1H. The Hall–Kier alpha value is -0.100. The Balaban J connectivity index is 0.00000180. The molecule has 6 heteroatoms. The number of carbonyl (C=O) groups is 1. The Morgan fingerprint density at radius 2 is 2.21 bits per heavy atom. The number of hydrogen-bond donors (Lipinski definition) is 1. The SMILES string of the molecule is Cl.O=C1CCCCCN1CCNCc1cc(Br)cs1. The van der Waals surface area contributed by atoms with E-state index in [1.165, 1.54) is 11.3 Å². The highest BCUT2D eigenvalue weighted by Gasteiger charge is 2.15. The molecule has 1 aliphatic rings. The van der Waals surface area contributed by atoms with Crippen LogP contribution >= 0.6 is 39.7 Å². The van der Waals surface area contributed by atoms with Gasteiger partial charge in [0.2, 0.25) is 5.91 Å². The van der Waals surface area contributed by atoms with Crippen LogP contribution in [0.1, 0.15) is 30.6 Å². The fraction of sp³-hybridized carbons (Fsp3) is 0.615. The summed E-state index contributed by atoms with van der Waals surface area (Å²) in [6.45, 7) is 3.54. The molecule has 0 saturated carbocycles. The normalized spacial score (nSPS) is 16.1. The van der Waals surface area contributed by atoms with Crippen LogP contribution in [0.5, 0.6) is 0 Å². The van der Waals surface area contributed by atoms with Crippen LogP contribution in [0.25, 0.3) is 0 Å². The van der Waals surface area contributed by atoms with Gasteiger partial charge in [0.05, 0.1) is 0 Å². The summed E-state index contributed by atoms with van der Waals surface area (Å²) in [6.07, 6.45) is 4.15. The maximum Gasteiger partial charge on any atom is 0.222 e. The predicted octanol–water partition coefficient (Wildman–Crippen LogP) is 3.42. The molecule has 0 radical (unpaired) electrons. The van der Waals surface area contributed by atoms with Crippen molar-refractivity contribution >= 4 is 45.6 Å². The largest absolute Gasteiger partial charge is 0.341 e. The van der Waals surface area contributed by atoms with Gasteiger partial charge in [-0.1, -0.05) is 6.42 Å². The summed E-state index contributed by atoms with van der Waals surface area (Å²) in [5.41, 5.74) is 0. The first kappa shape index (κ1) is 17.0. The third kappa shape index (κ3) is 5.81. The summed E-state index contributed by atoms with van der Waals surface area (Å²) >= 11 is 5.20. The number of hydrogen-bond acceptors (Lipinski definition) is 3. The van der Waals surface area contributed by atoms with E-state index in [1.807, 2.05) is 4.90 Å². The van der Waals surface area contributed by atoms with E-state index in [2.05, 4.69) is 32.7 Å². The molecule has 0 aromatic carbocycles. The maximum absolute atomic E-state index is 11.8. The fourth-order valence-corrected chi connectivity index (χ4v) is 3.57. The molecule has 0 unspecified atom stereocenters. The zero-order chi connectivity index (χ0) is 12.8. The second-order valence-corrected chi connectivity index (χ2v) is 6.51. The third-order valence-corrected chi connectivity index (χ3v) is 4.85. The van der Waals surface area contributed by atoms with Gasteiger partial charge in [0.15, 0.2) is 0 Å². The van der Waals surface area contributed by atoms with Crippen molar-refractivity contribution in [3.05, 3.63) is 20.8 Å². The van der Waals surface area contributed by atoms with Crippen molar-refractivity contribution in [1.82, 2.24) is 10.2 Å². The van der Waals surface area contributed by atoms with Gasteiger partial charge in [-0.3, -0.25) is 4.79 Å². The zero-order valence-corrected chi connectivity index (χ0v) is 14.1. The molecule has 3 nitrogen and oxygen atoms in total. The van der Waals surface area contributed by atoms with Gasteiger partial charge in [0.1, 0.15) is 0 Å². The van der Waals surface area contributed by atoms with E-state index in [1.54, 1.807) is 11.3 Å². The van der Waals surface area contributed by atoms with E-state index in [-0.39, 0.29) is 12.4 Å². The molecular formula is C13H20BrClN2OS. The minimum atomic E-state index is 0. The summed E-state index contributed by atoms with van der Waals surface area (Å²) in [5, 5.41) is 5.49. The molecule has 0 aliphatic carbocycles. The van der Waals surface area contributed by atoms with E-state index in [4.69, 9.17) is 0 Å². The second-order valence-electron chi connectivity index (χ2n) is 4.60. The van der Waals surface area contributed by atoms with Crippen LogP contribution in [0.3, 0.4) is 0 Å². The van der Waals surface area contributed by atoms with E-state index < -0.39 is 0 Å². The second kappa shape index (κ2) is 8.95. The molecule has 1 aromatic rings. The molecule has 1 N–H and O–H groups in total. The number of rotatable bonds is 5. The molecule has 1 fully saturated rings. The Morgan fingerprint density at radius 3 is 2.95 bits per heavy atom. The lowest BCUT2D eigenvalue weighted by Gasteiger charge is -2.20. The lowest BCUT2D eigenvalue weighted by atomic mass is 10.2. The highest BCUT2D eigenvalue weighted by molar-refractivity contribution is 9.10. The molecule has 0 atom stereocenters. The number of halogens is 2. The van der Waals surface area contributed by atoms with Crippen LogP contribution in [0.2, 0.25) is 0 Å². The molecule has 0 spiro atoms. The number of amides is 1. The van der Waals surface area contributed by atoms with Gasteiger partial charge < -0.3 is 10.2 Å². The Labute approximate surface area is 133 Å². The average Bonchev–Trinajstić information content (AvgIpc) is 2.65. The highest BCUT2D eigenvalue weighted by Crippen LogP contribution is 2.19. The van der Waals surface area contributed by atoms with Crippen LogP contribution < -0.4 is 5.32 Å². The van der Waals surface area contributed by atoms with Gasteiger partial charge in [-0.15, -0.1) is 23.7 Å². The van der Waals surface area contributed by atoms with Crippen molar-refractivity contribution in [2.75, 3.05) is 19.6 Å². The number of nitrogens with zero attached hydrogens (tertiary/aromatic N) is 1. The van der Waals surface area contributed by atoms with Crippen LogP contribution in [0.4, 0.5) is 0 Å². The number of likely N-dealkylation sites (tertiary alicyclic amines) is 1. The number of nitrogens with one attached hydrogen (secondary N) is 1. The van der Waals surface area contributed by atoms with Gasteiger partial charge in [0, 0.05) is 47.3 Å². The van der Waals surface area contributed by atoms with Crippen molar-refractivity contribution in [1.29, 1.82) is 0 Å². The third-order valence-electron chi connectivity index (χ3n) is 3.15. The monoisotopic (exact) mass is 366 g/mol. The van der Waals surface area contributed by atoms with Crippen molar-refractivity contribution in [2.45, 2.75) is 32.2 Å². The van der Waals surface area contributed by atoms with Crippen molar-refractivity contribution in [3.63, 3.8) is 0 Å². The van der Waals surface area contributed by atoms with Gasteiger partial charge >= 0.3 is 0 Å². The topological polar surface area (TPSA) is 32.3 Å².